The van der Waals surface area contributed by atoms with E-state index >= 15 is 0 Å². The molecule has 5 nitrogen and oxygen atoms in total. The predicted molar refractivity (Wildman–Crippen MR) is 66.0 cm³/mol. The third-order valence-corrected chi connectivity index (χ3v) is 2.40. The molecule has 1 N–H and O–H groups in total. The number of phenols is 1. The van der Waals surface area contributed by atoms with Crippen LogP contribution in [0, 0.1) is 17.0 Å². The Balaban J connectivity index is 2.42. The summed E-state index contributed by atoms with van der Waals surface area (Å²) < 4.78 is 5.39. The molecule has 0 heterocycles. The zero-order chi connectivity index (χ0) is 13.1. The highest BCUT2D eigenvalue weighted by Crippen LogP contribution is 2.35. The van der Waals surface area contributed by atoms with E-state index in [4.69, 9.17) is 4.74 Å². The Morgan fingerprint density at radius 1 is 1.17 bits per heavy atom. The van der Waals surface area contributed by atoms with Crippen LogP contribution in [0.1, 0.15) is 5.56 Å². The number of para-hydroxylation sites is 2. The average Bonchev–Trinajstić information content (AvgIpc) is 2.32. The standard InChI is InChI=1S/C13H11NO4/c1-9-6-7-10(14(16)17)13(8-9)18-12-5-3-2-4-11(12)15/h2-8,15H,1H3. The van der Waals surface area contributed by atoms with Crippen LogP contribution < -0.4 is 4.74 Å². The summed E-state index contributed by atoms with van der Waals surface area (Å²) in [5.41, 5.74) is 0.704. The molecule has 0 aromatic heterocycles. The van der Waals surface area contributed by atoms with Gasteiger partial charge in [-0.05, 0) is 30.7 Å². The highest BCUT2D eigenvalue weighted by molar-refractivity contribution is 5.52. The van der Waals surface area contributed by atoms with E-state index in [0.29, 0.717) is 0 Å². The minimum atomic E-state index is -0.519. The Kier molecular flexibility index (Phi) is 3.14. The Morgan fingerprint density at radius 2 is 1.89 bits per heavy atom. The van der Waals surface area contributed by atoms with Crippen LogP contribution in [0.2, 0.25) is 0 Å². The molecule has 0 bridgehead atoms. The zero-order valence-corrected chi connectivity index (χ0v) is 9.66. The highest BCUT2D eigenvalue weighted by Gasteiger charge is 2.16. The number of nitro benzene ring substituents is 1. The molecule has 0 atom stereocenters. The van der Waals surface area contributed by atoms with Gasteiger partial charge in [0, 0.05) is 6.07 Å². The molecule has 0 radical (unpaired) electrons. The number of hydrogen-bond acceptors (Lipinski definition) is 4. The van der Waals surface area contributed by atoms with Crippen LogP contribution in [-0.4, -0.2) is 10.0 Å². The summed E-state index contributed by atoms with van der Waals surface area (Å²) >= 11 is 0. The van der Waals surface area contributed by atoms with Crippen molar-refractivity contribution < 1.29 is 14.8 Å². The van der Waals surface area contributed by atoms with E-state index in [2.05, 4.69) is 0 Å². The summed E-state index contributed by atoms with van der Waals surface area (Å²) in [6.45, 7) is 1.81. The third kappa shape index (κ3) is 2.40. The number of nitro groups is 1. The molecule has 0 amide bonds. The average molecular weight is 245 g/mol. The van der Waals surface area contributed by atoms with Crippen molar-refractivity contribution in [1.82, 2.24) is 0 Å². The number of phenolic OH excluding ortho intramolecular Hbond substituents is 1. The van der Waals surface area contributed by atoms with Gasteiger partial charge in [-0.2, -0.15) is 0 Å². The molecule has 0 spiro atoms. The van der Waals surface area contributed by atoms with Gasteiger partial charge in [-0.3, -0.25) is 10.1 Å². The van der Waals surface area contributed by atoms with E-state index in [1.165, 1.54) is 12.1 Å². The maximum atomic E-state index is 10.9. The van der Waals surface area contributed by atoms with E-state index in [9.17, 15) is 15.2 Å². The van der Waals surface area contributed by atoms with Crippen molar-refractivity contribution in [2.24, 2.45) is 0 Å². The second kappa shape index (κ2) is 4.75. The first-order chi connectivity index (χ1) is 8.58. The van der Waals surface area contributed by atoms with Crippen LogP contribution in [0.3, 0.4) is 0 Å². The maximum absolute atomic E-state index is 10.9. The molecule has 2 aromatic carbocycles. The molecule has 0 aliphatic heterocycles. The number of aryl methyl sites for hydroxylation is 1. The lowest BCUT2D eigenvalue weighted by atomic mass is 10.2. The number of benzene rings is 2. The molecule has 2 rings (SSSR count). The molecular weight excluding hydrogens is 234 g/mol. The molecule has 5 heteroatoms. The van der Waals surface area contributed by atoms with Crippen LogP contribution in [0.15, 0.2) is 42.5 Å². The normalized spacial score (nSPS) is 10.1. The predicted octanol–water partition coefficient (Wildman–Crippen LogP) is 3.40. The van der Waals surface area contributed by atoms with Crippen molar-refractivity contribution in [3.8, 4) is 17.2 Å². The topological polar surface area (TPSA) is 72.6 Å². The van der Waals surface area contributed by atoms with Crippen LogP contribution in [0.5, 0.6) is 17.2 Å². The van der Waals surface area contributed by atoms with Crippen molar-refractivity contribution in [3.05, 3.63) is 58.1 Å². The van der Waals surface area contributed by atoms with Crippen molar-refractivity contribution in [3.63, 3.8) is 0 Å². The largest absolute Gasteiger partial charge is 0.504 e. The zero-order valence-electron chi connectivity index (χ0n) is 9.66. The molecule has 18 heavy (non-hydrogen) atoms. The lowest BCUT2D eigenvalue weighted by molar-refractivity contribution is -0.385. The summed E-state index contributed by atoms with van der Waals surface area (Å²) in [4.78, 5) is 10.4. The van der Waals surface area contributed by atoms with E-state index in [1.54, 1.807) is 37.3 Å². The molecule has 0 fully saturated rings. The molecular formula is C13H11NO4. The smallest absolute Gasteiger partial charge is 0.311 e. The molecule has 0 unspecified atom stereocenters. The van der Waals surface area contributed by atoms with Gasteiger partial charge >= 0.3 is 5.69 Å². The van der Waals surface area contributed by atoms with E-state index in [0.717, 1.165) is 5.56 Å². The Hall–Kier alpha value is -2.56. The van der Waals surface area contributed by atoms with E-state index in [1.807, 2.05) is 0 Å². The fraction of sp³-hybridized carbons (Fsp3) is 0.0769. The van der Waals surface area contributed by atoms with Gasteiger partial charge < -0.3 is 9.84 Å². The van der Waals surface area contributed by atoms with Crippen LogP contribution in [0.4, 0.5) is 5.69 Å². The number of hydrogen-bond donors (Lipinski definition) is 1. The molecule has 0 saturated carbocycles. The minimum absolute atomic E-state index is 0.0618. The monoisotopic (exact) mass is 245 g/mol. The van der Waals surface area contributed by atoms with E-state index in [-0.39, 0.29) is 22.9 Å². The first-order valence-corrected chi connectivity index (χ1v) is 5.29. The Bertz CT molecular complexity index is 595. The van der Waals surface area contributed by atoms with Gasteiger partial charge in [0.2, 0.25) is 5.75 Å². The third-order valence-electron chi connectivity index (χ3n) is 2.40. The van der Waals surface area contributed by atoms with Gasteiger partial charge in [0.05, 0.1) is 4.92 Å². The summed E-state index contributed by atoms with van der Waals surface area (Å²) in [6.07, 6.45) is 0. The molecule has 2 aromatic rings. The second-order valence-corrected chi connectivity index (χ2v) is 3.80. The highest BCUT2D eigenvalue weighted by atomic mass is 16.6. The molecule has 0 aliphatic carbocycles. The van der Waals surface area contributed by atoms with Crippen LogP contribution >= 0.6 is 0 Å². The molecule has 92 valence electrons. The second-order valence-electron chi connectivity index (χ2n) is 3.80. The van der Waals surface area contributed by atoms with E-state index < -0.39 is 4.92 Å². The summed E-state index contributed by atoms with van der Waals surface area (Å²) in [6, 6.07) is 10.9. The van der Waals surface area contributed by atoms with Crippen LogP contribution in [0.25, 0.3) is 0 Å². The Morgan fingerprint density at radius 3 is 2.56 bits per heavy atom. The Labute approximate surface area is 103 Å². The number of aromatic hydroxyl groups is 1. The lowest BCUT2D eigenvalue weighted by Crippen LogP contribution is -1.94. The number of rotatable bonds is 3. The first kappa shape index (κ1) is 11.9. The van der Waals surface area contributed by atoms with Crippen molar-refractivity contribution in [2.45, 2.75) is 6.92 Å². The maximum Gasteiger partial charge on any atom is 0.311 e. The first-order valence-electron chi connectivity index (χ1n) is 5.29. The van der Waals surface area contributed by atoms with Gasteiger partial charge in [-0.25, -0.2) is 0 Å². The van der Waals surface area contributed by atoms with Gasteiger partial charge in [-0.1, -0.05) is 18.2 Å². The van der Waals surface area contributed by atoms with Crippen LogP contribution in [-0.2, 0) is 0 Å². The van der Waals surface area contributed by atoms with Gasteiger partial charge in [0.25, 0.3) is 0 Å². The van der Waals surface area contributed by atoms with Gasteiger partial charge in [0.1, 0.15) is 0 Å². The number of nitrogens with zero attached hydrogens (tertiary/aromatic N) is 1. The lowest BCUT2D eigenvalue weighted by Gasteiger charge is -2.08. The van der Waals surface area contributed by atoms with Gasteiger partial charge in [-0.15, -0.1) is 0 Å². The number of ether oxygens (including phenoxy) is 1. The molecule has 0 saturated heterocycles. The summed E-state index contributed by atoms with van der Waals surface area (Å²) in [5.74, 6) is 0.237. The minimum Gasteiger partial charge on any atom is -0.504 e. The SMILES string of the molecule is Cc1ccc([N+](=O)[O-])c(Oc2ccccc2O)c1. The molecule has 0 aliphatic rings. The fourth-order valence-electron chi connectivity index (χ4n) is 1.52. The van der Waals surface area contributed by atoms with Crippen molar-refractivity contribution in [2.75, 3.05) is 0 Å². The van der Waals surface area contributed by atoms with Crippen molar-refractivity contribution >= 4 is 5.69 Å². The fourth-order valence-corrected chi connectivity index (χ4v) is 1.52. The summed E-state index contributed by atoms with van der Waals surface area (Å²) in [5, 5.41) is 20.4. The summed E-state index contributed by atoms with van der Waals surface area (Å²) in [7, 11) is 0. The van der Waals surface area contributed by atoms with Crippen molar-refractivity contribution in [1.29, 1.82) is 0 Å². The van der Waals surface area contributed by atoms with Gasteiger partial charge in [0.15, 0.2) is 11.5 Å². The quantitative estimate of drug-likeness (QED) is 0.664.